The van der Waals surface area contributed by atoms with Crippen LogP contribution in [0.3, 0.4) is 0 Å². The average molecular weight is 225 g/mol. The van der Waals surface area contributed by atoms with Crippen LogP contribution >= 0.6 is 22.9 Å². The van der Waals surface area contributed by atoms with E-state index in [0.29, 0.717) is 0 Å². The number of nitrogens with one attached hydrogen (secondary N) is 1. The van der Waals surface area contributed by atoms with Crippen LogP contribution in [-0.2, 0) is 0 Å². The summed E-state index contributed by atoms with van der Waals surface area (Å²) in [5, 5.41) is 9.30. The van der Waals surface area contributed by atoms with E-state index in [-0.39, 0.29) is 6.04 Å². The molecular weight excluding hydrogens is 214 g/mol. The van der Waals surface area contributed by atoms with E-state index in [1.807, 2.05) is 13.2 Å². The van der Waals surface area contributed by atoms with E-state index >= 15 is 0 Å². The first-order valence-corrected chi connectivity index (χ1v) is 5.96. The van der Waals surface area contributed by atoms with Gasteiger partial charge in [0.05, 0.1) is 17.1 Å². The van der Waals surface area contributed by atoms with E-state index in [0.717, 1.165) is 4.88 Å². The van der Waals surface area contributed by atoms with Crippen molar-refractivity contribution in [3.05, 3.63) is 33.0 Å². The van der Waals surface area contributed by atoms with Gasteiger partial charge in [0.1, 0.15) is 0 Å². The van der Waals surface area contributed by atoms with Crippen LogP contribution in [0.2, 0.25) is 0 Å². The Bertz CT molecular complexity index is 394. The summed E-state index contributed by atoms with van der Waals surface area (Å²) in [7, 11) is 1.96. The quantitative estimate of drug-likeness (QED) is 0.870. The fraction of sp³-hybridized carbons (Fsp3) is 0.333. The summed E-state index contributed by atoms with van der Waals surface area (Å²) in [4.78, 5) is 2.49. The lowest BCUT2D eigenvalue weighted by atomic mass is 10.1. The second kappa shape index (κ2) is 4.16. The van der Waals surface area contributed by atoms with Gasteiger partial charge in [-0.25, -0.2) is 0 Å². The van der Waals surface area contributed by atoms with Crippen molar-refractivity contribution in [2.75, 3.05) is 7.05 Å². The number of hydrogen-bond donors (Lipinski definition) is 1. The summed E-state index contributed by atoms with van der Waals surface area (Å²) in [6, 6.07) is 2.44. The molecular formula is C9H11N3S2. The second-order valence-electron chi connectivity index (χ2n) is 3.03. The topological polar surface area (TPSA) is 37.8 Å². The molecule has 3 nitrogen and oxygen atoms in total. The molecule has 0 saturated heterocycles. The Morgan fingerprint density at radius 1 is 1.50 bits per heavy atom. The van der Waals surface area contributed by atoms with Crippen molar-refractivity contribution in [2.24, 2.45) is 0 Å². The van der Waals surface area contributed by atoms with Gasteiger partial charge in [-0.3, -0.25) is 0 Å². The monoisotopic (exact) mass is 225 g/mol. The number of hydrogen-bond acceptors (Lipinski definition) is 5. The molecule has 0 spiro atoms. The number of rotatable bonds is 3. The van der Waals surface area contributed by atoms with E-state index in [9.17, 15) is 0 Å². The highest BCUT2D eigenvalue weighted by Gasteiger charge is 2.14. The fourth-order valence-electron chi connectivity index (χ4n) is 1.39. The van der Waals surface area contributed by atoms with Gasteiger partial charge in [0.2, 0.25) is 0 Å². The third kappa shape index (κ3) is 1.84. The molecule has 0 fully saturated rings. The zero-order chi connectivity index (χ0) is 9.97. The molecule has 2 rings (SSSR count). The van der Waals surface area contributed by atoms with E-state index in [1.165, 1.54) is 22.0 Å². The van der Waals surface area contributed by atoms with Crippen molar-refractivity contribution < 1.29 is 0 Å². The third-order valence-corrected chi connectivity index (χ3v) is 3.64. The van der Waals surface area contributed by atoms with Gasteiger partial charge in [0.15, 0.2) is 0 Å². The third-order valence-electron chi connectivity index (χ3n) is 2.04. The first-order chi connectivity index (χ1) is 6.81. The normalized spacial score (nSPS) is 13.0. The number of aryl methyl sites for hydroxylation is 1. The molecule has 0 radical (unpaired) electrons. The van der Waals surface area contributed by atoms with Crippen LogP contribution in [-0.4, -0.2) is 16.6 Å². The molecule has 2 aromatic rings. The first-order valence-electron chi connectivity index (χ1n) is 4.31. The van der Waals surface area contributed by atoms with Gasteiger partial charge in [-0.1, -0.05) is 4.49 Å². The van der Waals surface area contributed by atoms with Crippen molar-refractivity contribution in [2.45, 2.75) is 13.0 Å². The van der Waals surface area contributed by atoms with E-state index in [2.05, 4.69) is 33.3 Å². The maximum Gasteiger partial charge on any atom is 0.0709 e. The highest BCUT2D eigenvalue weighted by Crippen LogP contribution is 2.26. The summed E-state index contributed by atoms with van der Waals surface area (Å²) in [5.41, 5.74) is 1.29. The molecule has 0 aliphatic carbocycles. The lowest BCUT2D eigenvalue weighted by molar-refractivity contribution is 0.704. The largest absolute Gasteiger partial charge is 0.309 e. The molecule has 0 saturated carbocycles. The lowest BCUT2D eigenvalue weighted by Crippen LogP contribution is -2.15. The lowest BCUT2D eigenvalue weighted by Gasteiger charge is -2.10. The summed E-state index contributed by atoms with van der Waals surface area (Å²) in [6.45, 7) is 2.12. The Balaban J connectivity index is 2.31. The molecule has 1 unspecified atom stereocenters. The van der Waals surface area contributed by atoms with E-state index < -0.39 is 0 Å². The molecule has 14 heavy (non-hydrogen) atoms. The van der Waals surface area contributed by atoms with Crippen LogP contribution in [0.5, 0.6) is 0 Å². The Labute approximate surface area is 91.0 Å². The van der Waals surface area contributed by atoms with Crippen LogP contribution in [0.15, 0.2) is 17.6 Å². The molecule has 2 aromatic heterocycles. The summed E-state index contributed by atoms with van der Waals surface area (Å²) < 4.78 is 3.88. The maximum absolute atomic E-state index is 3.88. The van der Waals surface area contributed by atoms with Gasteiger partial charge in [-0.05, 0) is 42.5 Å². The standard InChI is InChI=1S/C9H11N3S2/c1-6-3-7(5-13-6)9(10-2)8-4-11-12-14-8/h3-5,9-10H,1-2H3. The zero-order valence-electron chi connectivity index (χ0n) is 8.02. The van der Waals surface area contributed by atoms with Gasteiger partial charge in [0, 0.05) is 4.88 Å². The second-order valence-corrected chi connectivity index (χ2v) is 4.96. The van der Waals surface area contributed by atoms with Crippen LogP contribution < -0.4 is 5.32 Å². The predicted octanol–water partition coefficient (Wildman–Crippen LogP) is 2.22. The molecule has 1 N–H and O–H groups in total. The molecule has 5 heteroatoms. The van der Waals surface area contributed by atoms with Gasteiger partial charge < -0.3 is 5.32 Å². The van der Waals surface area contributed by atoms with Crippen LogP contribution in [0.4, 0.5) is 0 Å². The Morgan fingerprint density at radius 2 is 2.36 bits per heavy atom. The van der Waals surface area contributed by atoms with Gasteiger partial charge >= 0.3 is 0 Å². The zero-order valence-corrected chi connectivity index (χ0v) is 9.65. The fourth-order valence-corrected chi connectivity index (χ4v) is 2.76. The SMILES string of the molecule is CNC(c1csc(C)c1)c1cnns1. The molecule has 0 aromatic carbocycles. The summed E-state index contributed by atoms with van der Waals surface area (Å²) in [5.74, 6) is 0. The Kier molecular flexibility index (Phi) is 2.90. The molecule has 74 valence electrons. The van der Waals surface area contributed by atoms with Crippen molar-refractivity contribution in [3.8, 4) is 0 Å². The minimum atomic E-state index is 0.236. The summed E-state index contributed by atoms with van der Waals surface area (Å²) >= 11 is 3.21. The Hall–Kier alpha value is -0.780. The maximum atomic E-state index is 3.88. The smallest absolute Gasteiger partial charge is 0.0709 e. The highest BCUT2D eigenvalue weighted by molar-refractivity contribution is 7.10. The Morgan fingerprint density at radius 3 is 2.86 bits per heavy atom. The van der Waals surface area contributed by atoms with E-state index in [4.69, 9.17) is 0 Å². The highest BCUT2D eigenvalue weighted by atomic mass is 32.1. The van der Waals surface area contributed by atoms with Crippen molar-refractivity contribution in [1.29, 1.82) is 0 Å². The minimum Gasteiger partial charge on any atom is -0.309 e. The predicted molar refractivity (Wildman–Crippen MR) is 59.9 cm³/mol. The van der Waals surface area contributed by atoms with Gasteiger partial charge in [-0.15, -0.1) is 16.4 Å². The first kappa shape index (κ1) is 9.76. The van der Waals surface area contributed by atoms with Crippen molar-refractivity contribution in [3.63, 3.8) is 0 Å². The van der Waals surface area contributed by atoms with Gasteiger partial charge in [-0.2, -0.15) is 0 Å². The van der Waals surface area contributed by atoms with Gasteiger partial charge in [0.25, 0.3) is 0 Å². The molecule has 0 bridgehead atoms. The van der Waals surface area contributed by atoms with Crippen LogP contribution in [0.1, 0.15) is 21.4 Å². The summed E-state index contributed by atoms with van der Waals surface area (Å²) in [6.07, 6.45) is 1.82. The molecule has 0 aliphatic heterocycles. The molecule has 2 heterocycles. The number of nitrogens with zero attached hydrogens (tertiary/aromatic N) is 2. The van der Waals surface area contributed by atoms with Crippen LogP contribution in [0.25, 0.3) is 0 Å². The van der Waals surface area contributed by atoms with Crippen LogP contribution in [0, 0.1) is 6.92 Å². The molecule has 0 aliphatic rings. The van der Waals surface area contributed by atoms with Crippen molar-refractivity contribution >= 4 is 22.9 Å². The molecule has 0 amide bonds. The number of aromatic nitrogens is 2. The minimum absolute atomic E-state index is 0.236. The average Bonchev–Trinajstić information content (AvgIpc) is 2.79. The number of thiophene rings is 1. The van der Waals surface area contributed by atoms with E-state index in [1.54, 1.807) is 11.3 Å². The molecule has 1 atom stereocenters. The van der Waals surface area contributed by atoms with Crippen molar-refractivity contribution in [1.82, 2.24) is 14.9 Å².